The van der Waals surface area contributed by atoms with E-state index in [4.69, 9.17) is 4.99 Å². The molecule has 3 heterocycles. The molecule has 136 valence electrons. The number of nitrogens with zero attached hydrogens (tertiary/aromatic N) is 5. The topological polar surface area (TPSA) is 59.5 Å². The van der Waals surface area contributed by atoms with Gasteiger partial charge in [0.05, 0.1) is 6.04 Å². The molecule has 0 radical (unpaired) electrons. The molecular formula is C19H23N5O2. The van der Waals surface area contributed by atoms with Gasteiger partial charge in [0, 0.05) is 25.5 Å². The number of imide groups is 1. The highest BCUT2D eigenvalue weighted by Crippen LogP contribution is 2.37. The van der Waals surface area contributed by atoms with Gasteiger partial charge in [0.1, 0.15) is 0 Å². The van der Waals surface area contributed by atoms with E-state index in [0.29, 0.717) is 6.54 Å². The molecule has 7 nitrogen and oxygen atoms in total. The van der Waals surface area contributed by atoms with Gasteiger partial charge in [0.25, 0.3) is 5.91 Å². The van der Waals surface area contributed by atoms with Crippen LogP contribution in [0, 0.1) is 0 Å². The van der Waals surface area contributed by atoms with Gasteiger partial charge in [-0.1, -0.05) is 30.3 Å². The van der Waals surface area contributed by atoms with Gasteiger partial charge in [-0.05, 0) is 26.3 Å². The van der Waals surface area contributed by atoms with Crippen molar-refractivity contribution < 1.29 is 9.59 Å². The van der Waals surface area contributed by atoms with Crippen molar-refractivity contribution >= 4 is 17.9 Å². The van der Waals surface area contributed by atoms with E-state index >= 15 is 0 Å². The van der Waals surface area contributed by atoms with Gasteiger partial charge in [0.15, 0.2) is 12.2 Å². The minimum absolute atomic E-state index is 0.0785. The maximum atomic E-state index is 12.9. The first-order valence-electron chi connectivity index (χ1n) is 8.92. The van der Waals surface area contributed by atoms with Crippen LogP contribution in [0.25, 0.3) is 0 Å². The lowest BCUT2D eigenvalue weighted by Crippen LogP contribution is -2.64. The van der Waals surface area contributed by atoms with E-state index in [2.05, 4.69) is 24.0 Å². The summed E-state index contributed by atoms with van der Waals surface area (Å²) in [5.74, 6) is 0.553. The van der Waals surface area contributed by atoms with Gasteiger partial charge in [-0.25, -0.2) is 9.79 Å². The number of hydrogen-bond donors (Lipinski definition) is 0. The van der Waals surface area contributed by atoms with Crippen molar-refractivity contribution in [2.75, 3.05) is 13.6 Å². The average Bonchev–Trinajstić information content (AvgIpc) is 3.15. The van der Waals surface area contributed by atoms with Crippen LogP contribution >= 0.6 is 0 Å². The minimum atomic E-state index is -0.490. The summed E-state index contributed by atoms with van der Waals surface area (Å²) >= 11 is 0. The molecule has 0 aromatic heterocycles. The fraction of sp³-hybridized carbons (Fsp3) is 0.421. The van der Waals surface area contributed by atoms with E-state index in [-0.39, 0.29) is 18.0 Å². The number of amides is 3. The van der Waals surface area contributed by atoms with E-state index in [1.807, 2.05) is 43.1 Å². The largest absolute Gasteiger partial charge is 0.328 e. The highest BCUT2D eigenvalue weighted by molar-refractivity contribution is 6.04. The molecule has 0 spiro atoms. The molecule has 26 heavy (non-hydrogen) atoms. The SMILES string of the molecule is CCN1C(=O)C2C(N=C3N2C=C(C)N3C(C)c2ccccc2)N(C)C1=O. The monoisotopic (exact) mass is 353 g/mol. The summed E-state index contributed by atoms with van der Waals surface area (Å²) in [7, 11) is 1.71. The lowest BCUT2D eigenvalue weighted by molar-refractivity contribution is -0.136. The van der Waals surface area contributed by atoms with E-state index in [1.165, 1.54) is 10.5 Å². The first-order chi connectivity index (χ1) is 12.5. The number of hydrogen-bond acceptors (Lipinski definition) is 5. The van der Waals surface area contributed by atoms with E-state index in [1.54, 1.807) is 11.9 Å². The number of rotatable bonds is 3. The lowest BCUT2D eigenvalue weighted by atomic mass is 10.1. The van der Waals surface area contributed by atoms with Crippen molar-refractivity contribution in [3.8, 4) is 0 Å². The Morgan fingerprint density at radius 2 is 1.88 bits per heavy atom. The molecule has 4 rings (SSSR count). The van der Waals surface area contributed by atoms with E-state index < -0.39 is 12.2 Å². The van der Waals surface area contributed by atoms with Gasteiger partial charge in [-0.15, -0.1) is 0 Å². The van der Waals surface area contributed by atoms with Crippen LogP contribution in [-0.2, 0) is 4.79 Å². The molecule has 1 saturated heterocycles. The van der Waals surface area contributed by atoms with Gasteiger partial charge >= 0.3 is 6.03 Å². The van der Waals surface area contributed by atoms with Gasteiger partial charge in [0.2, 0.25) is 5.96 Å². The van der Waals surface area contributed by atoms with Crippen molar-refractivity contribution in [2.24, 2.45) is 4.99 Å². The number of allylic oxidation sites excluding steroid dienone is 1. The zero-order valence-corrected chi connectivity index (χ0v) is 15.5. The number of likely N-dealkylation sites (N-methyl/N-ethyl adjacent to an activating group) is 2. The van der Waals surface area contributed by atoms with Crippen LogP contribution in [0.2, 0.25) is 0 Å². The third kappa shape index (κ3) is 2.16. The van der Waals surface area contributed by atoms with Crippen molar-refractivity contribution in [2.45, 2.75) is 39.0 Å². The maximum absolute atomic E-state index is 12.9. The summed E-state index contributed by atoms with van der Waals surface area (Å²) in [5, 5.41) is 0. The summed E-state index contributed by atoms with van der Waals surface area (Å²) < 4.78 is 0. The quantitative estimate of drug-likeness (QED) is 0.836. The molecule has 1 aromatic rings. The second kappa shape index (κ2) is 5.86. The third-order valence-electron chi connectivity index (χ3n) is 5.42. The molecule has 3 aliphatic heterocycles. The summed E-state index contributed by atoms with van der Waals surface area (Å²) in [6, 6.07) is 9.51. The number of aliphatic imine (C=N–C) groups is 1. The Bertz CT molecular complexity index is 818. The second-order valence-electron chi connectivity index (χ2n) is 6.90. The Labute approximate surface area is 153 Å². The number of guanidine groups is 1. The summed E-state index contributed by atoms with van der Waals surface area (Å²) in [6.07, 6.45) is 1.49. The Hall–Kier alpha value is -2.83. The lowest BCUT2D eigenvalue weighted by Gasteiger charge is -2.39. The molecule has 7 heteroatoms. The maximum Gasteiger partial charge on any atom is 0.328 e. The molecule has 0 N–H and O–H groups in total. The van der Waals surface area contributed by atoms with E-state index in [9.17, 15) is 9.59 Å². The third-order valence-corrected chi connectivity index (χ3v) is 5.42. The summed E-state index contributed by atoms with van der Waals surface area (Å²) in [6.45, 7) is 6.32. The Morgan fingerprint density at radius 1 is 1.19 bits per heavy atom. The van der Waals surface area contributed by atoms with Crippen molar-refractivity contribution in [1.29, 1.82) is 0 Å². The molecule has 0 aliphatic carbocycles. The number of fused-ring (bicyclic) bond motifs is 3. The molecular weight excluding hydrogens is 330 g/mol. The molecule has 1 fully saturated rings. The van der Waals surface area contributed by atoms with Crippen LogP contribution in [0.15, 0.2) is 47.2 Å². The second-order valence-corrected chi connectivity index (χ2v) is 6.90. The predicted molar refractivity (Wildman–Crippen MR) is 97.8 cm³/mol. The molecule has 0 saturated carbocycles. The van der Waals surface area contributed by atoms with Crippen molar-refractivity contribution in [3.63, 3.8) is 0 Å². The first-order valence-corrected chi connectivity index (χ1v) is 8.92. The Balaban J connectivity index is 1.71. The van der Waals surface area contributed by atoms with E-state index in [0.717, 1.165) is 11.7 Å². The molecule has 3 amide bonds. The molecule has 3 aliphatic rings. The Kier molecular flexibility index (Phi) is 3.75. The van der Waals surface area contributed by atoms with Crippen molar-refractivity contribution in [3.05, 3.63) is 47.8 Å². The fourth-order valence-corrected chi connectivity index (χ4v) is 4.02. The number of benzene rings is 1. The van der Waals surface area contributed by atoms with Crippen LogP contribution in [0.4, 0.5) is 4.79 Å². The number of carbonyl (C=O) groups excluding carboxylic acids is 2. The highest BCUT2D eigenvalue weighted by Gasteiger charge is 2.54. The van der Waals surface area contributed by atoms with Gasteiger partial charge in [-0.2, -0.15) is 0 Å². The van der Waals surface area contributed by atoms with Crippen LogP contribution in [0.5, 0.6) is 0 Å². The molecule has 1 aromatic carbocycles. The average molecular weight is 353 g/mol. The van der Waals surface area contributed by atoms with Gasteiger partial charge < -0.3 is 14.7 Å². The minimum Gasteiger partial charge on any atom is -0.308 e. The normalized spacial score (nSPS) is 26.0. The standard InChI is InChI=1S/C19H23N5O2/c1-5-22-17(25)15-16(21(4)19(22)26)20-18-23(15)11-12(2)24(18)13(3)14-9-7-6-8-10-14/h6-11,13,15-16H,5H2,1-4H3. The van der Waals surface area contributed by atoms with Crippen LogP contribution in [0.1, 0.15) is 32.4 Å². The number of urea groups is 1. The summed E-state index contributed by atoms with van der Waals surface area (Å²) in [5.41, 5.74) is 2.21. The van der Waals surface area contributed by atoms with Gasteiger partial charge in [-0.3, -0.25) is 9.69 Å². The zero-order chi connectivity index (χ0) is 18.6. The fourth-order valence-electron chi connectivity index (χ4n) is 4.02. The van der Waals surface area contributed by atoms with Crippen LogP contribution < -0.4 is 0 Å². The zero-order valence-electron chi connectivity index (χ0n) is 15.5. The molecule has 3 unspecified atom stereocenters. The van der Waals surface area contributed by atoms with Crippen LogP contribution in [-0.4, -0.2) is 63.3 Å². The number of carbonyl (C=O) groups is 2. The van der Waals surface area contributed by atoms with Crippen molar-refractivity contribution in [1.82, 2.24) is 19.6 Å². The highest BCUT2D eigenvalue weighted by atomic mass is 16.2. The summed E-state index contributed by atoms with van der Waals surface area (Å²) in [4.78, 5) is 37.0. The smallest absolute Gasteiger partial charge is 0.308 e. The molecule has 3 atom stereocenters. The van der Waals surface area contributed by atoms with Crippen LogP contribution in [0.3, 0.4) is 0 Å². The first kappa shape index (κ1) is 16.6. The Morgan fingerprint density at radius 3 is 2.54 bits per heavy atom. The molecule has 0 bridgehead atoms. The predicted octanol–water partition coefficient (Wildman–Crippen LogP) is 2.20.